The summed E-state index contributed by atoms with van der Waals surface area (Å²) in [4.78, 5) is 14.1. The zero-order valence-electron chi connectivity index (χ0n) is 10.1. The summed E-state index contributed by atoms with van der Waals surface area (Å²) in [6.07, 6.45) is 2.09. The summed E-state index contributed by atoms with van der Waals surface area (Å²) in [7, 11) is 0. The molecule has 1 aliphatic heterocycles. The maximum Gasteiger partial charge on any atom is 0.253 e. The normalized spacial score (nSPS) is 30.2. The van der Waals surface area contributed by atoms with Crippen LogP contribution in [0.25, 0.3) is 0 Å². The molecule has 3 heteroatoms. The number of aryl methyl sites for hydroxylation is 1. The van der Waals surface area contributed by atoms with Gasteiger partial charge < -0.3 is 10.6 Å². The van der Waals surface area contributed by atoms with Crippen LogP contribution in [0.4, 0.5) is 0 Å². The van der Waals surface area contributed by atoms with E-state index in [2.05, 4.69) is 6.92 Å². The Bertz CT molecular complexity index is 454. The molecule has 17 heavy (non-hydrogen) atoms. The van der Waals surface area contributed by atoms with E-state index in [9.17, 15) is 4.79 Å². The minimum absolute atomic E-state index is 0.0565. The second-order valence-electron chi connectivity index (χ2n) is 5.37. The van der Waals surface area contributed by atoms with E-state index in [4.69, 9.17) is 5.73 Å². The van der Waals surface area contributed by atoms with Crippen LogP contribution in [0.2, 0.25) is 0 Å². The fourth-order valence-electron chi connectivity index (χ4n) is 2.75. The van der Waals surface area contributed by atoms with Gasteiger partial charge in [0.2, 0.25) is 0 Å². The minimum atomic E-state index is -0.0565. The van der Waals surface area contributed by atoms with Gasteiger partial charge in [0.25, 0.3) is 5.91 Å². The second kappa shape index (κ2) is 3.57. The first-order valence-electron chi connectivity index (χ1n) is 6.29. The number of fused-ring (bicyclic) bond motifs is 1. The highest BCUT2D eigenvalue weighted by Crippen LogP contribution is 2.47. The molecule has 0 bridgehead atoms. The third kappa shape index (κ3) is 1.75. The molecule has 2 aliphatic rings. The Balaban J connectivity index is 1.73. The molecule has 0 unspecified atom stereocenters. The van der Waals surface area contributed by atoms with Crippen LogP contribution in [-0.4, -0.2) is 29.4 Å². The summed E-state index contributed by atoms with van der Waals surface area (Å²) < 4.78 is 0. The molecule has 1 amide bonds. The molecule has 1 aromatic rings. The van der Waals surface area contributed by atoms with Gasteiger partial charge in [-0.25, -0.2) is 0 Å². The van der Waals surface area contributed by atoms with E-state index in [1.807, 2.05) is 29.2 Å². The summed E-state index contributed by atoms with van der Waals surface area (Å²) in [6, 6.07) is 7.91. The van der Waals surface area contributed by atoms with Crippen molar-refractivity contribution in [3.05, 3.63) is 35.4 Å². The number of piperidine rings is 1. The predicted octanol–water partition coefficient (Wildman–Crippen LogP) is 1.42. The van der Waals surface area contributed by atoms with E-state index in [1.165, 1.54) is 5.56 Å². The van der Waals surface area contributed by atoms with Gasteiger partial charge in [0.15, 0.2) is 0 Å². The van der Waals surface area contributed by atoms with Crippen molar-refractivity contribution < 1.29 is 4.79 Å². The summed E-state index contributed by atoms with van der Waals surface area (Å²) in [6.45, 7) is 3.68. The lowest BCUT2D eigenvalue weighted by atomic mass is 10.1. The van der Waals surface area contributed by atoms with E-state index in [0.29, 0.717) is 5.92 Å². The fraction of sp³-hybridized carbons (Fsp3) is 0.500. The molecule has 90 valence electrons. The molecule has 1 aromatic carbocycles. The van der Waals surface area contributed by atoms with Gasteiger partial charge in [-0.3, -0.25) is 4.79 Å². The molecule has 0 radical (unpaired) electrons. The quantitative estimate of drug-likeness (QED) is 0.835. The van der Waals surface area contributed by atoms with Gasteiger partial charge in [0, 0.05) is 24.2 Å². The van der Waals surface area contributed by atoms with Crippen molar-refractivity contribution in [1.29, 1.82) is 0 Å². The molecular weight excluding hydrogens is 212 g/mol. The van der Waals surface area contributed by atoms with E-state index < -0.39 is 0 Å². The number of hydrogen-bond acceptors (Lipinski definition) is 2. The van der Waals surface area contributed by atoms with Gasteiger partial charge in [0.1, 0.15) is 0 Å². The largest absolute Gasteiger partial charge is 0.336 e. The monoisotopic (exact) mass is 230 g/mol. The van der Waals surface area contributed by atoms with Crippen LogP contribution in [-0.2, 0) is 6.42 Å². The van der Waals surface area contributed by atoms with Crippen LogP contribution in [0.15, 0.2) is 24.3 Å². The third-order valence-corrected chi connectivity index (χ3v) is 4.10. The van der Waals surface area contributed by atoms with Gasteiger partial charge >= 0.3 is 0 Å². The van der Waals surface area contributed by atoms with Crippen molar-refractivity contribution in [3.63, 3.8) is 0 Å². The van der Waals surface area contributed by atoms with Crippen molar-refractivity contribution in [2.45, 2.75) is 25.3 Å². The average molecular weight is 230 g/mol. The van der Waals surface area contributed by atoms with Crippen LogP contribution >= 0.6 is 0 Å². The first-order chi connectivity index (χ1) is 8.12. The maximum absolute atomic E-state index is 12.2. The Labute approximate surface area is 102 Å². The zero-order valence-corrected chi connectivity index (χ0v) is 10.1. The summed E-state index contributed by atoms with van der Waals surface area (Å²) in [5, 5.41) is 0. The van der Waals surface area contributed by atoms with E-state index in [-0.39, 0.29) is 11.4 Å². The number of amides is 1. The lowest BCUT2D eigenvalue weighted by Gasteiger charge is -2.19. The van der Waals surface area contributed by atoms with Crippen molar-refractivity contribution >= 4 is 5.91 Å². The Morgan fingerprint density at radius 2 is 2.18 bits per heavy atom. The van der Waals surface area contributed by atoms with Crippen molar-refractivity contribution in [1.82, 2.24) is 4.90 Å². The highest BCUT2D eigenvalue weighted by Gasteiger charge is 2.58. The molecule has 3 rings (SSSR count). The number of benzene rings is 1. The first kappa shape index (κ1) is 10.8. The maximum atomic E-state index is 12.2. The number of nitrogens with two attached hydrogens (primary N) is 1. The molecule has 0 aromatic heterocycles. The van der Waals surface area contributed by atoms with Crippen LogP contribution in [0.3, 0.4) is 0 Å². The SMILES string of the molecule is CCc1ccc(C(=O)N2C[C@@H]3C[C@]3(N)C2)cc1. The molecule has 2 fully saturated rings. The summed E-state index contributed by atoms with van der Waals surface area (Å²) >= 11 is 0. The lowest BCUT2D eigenvalue weighted by Crippen LogP contribution is -2.36. The average Bonchev–Trinajstić information content (AvgIpc) is 2.87. The van der Waals surface area contributed by atoms with Crippen molar-refractivity contribution in [2.24, 2.45) is 11.7 Å². The topological polar surface area (TPSA) is 46.3 Å². The summed E-state index contributed by atoms with van der Waals surface area (Å²) in [5.74, 6) is 0.672. The highest BCUT2D eigenvalue weighted by atomic mass is 16.2. The number of rotatable bonds is 2. The van der Waals surface area contributed by atoms with Gasteiger partial charge in [-0.2, -0.15) is 0 Å². The molecule has 1 heterocycles. The zero-order chi connectivity index (χ0) is 12.0. The highest BCUT2D eigenvalue weighted by molar-refractivity contribution is 5.94. The number of carbonyl (C=O) groups excluding carboxylic acids is 1. The standard InChI is InChI=1S/C14H18N2O/c1-2-10-3-5-11(6-4-10)13(17)16-8-12-7-14(12,15)9-16/h3-6,12H,2,7-9,15H2,1H3/t12-,14-/m0/s1. The van der Waals surface area contributed by atoms with Gasteiger partial charge in [-0.1, -0.05) is 19.1 Å². The Morgan fingerprint density at radius 1 is 1.47 bits per heavy atom. The Kier molecular flexibility index (Phi) is 2.26. The molecule has 1 saturated carbocycles. The summed E-state index contributed by atoms with van der Waals surface area (Å²) in [5.41, 5.74) is 8.10. The Morgan fingerprint density at radius 3 is 2.71 bits per heavy atom. The molecule has 2 atom stereocenters. The Hall–Kier alpha value is -1.35. The van der Waals surface area contributed by atoms with Crippen LogP contribution in [0.5, 0.6) is 0 Å². The molecule has 3 nitrogen and oxygen atoms in total. The second-order valence-corrected chi connectivity index (χ2v) is 5.37. The van der Waals surface area contributed by atoms with Crippen LogP contribution in [0.1, 0.15) is 29.3 Å². The number of hydrogen-bond donors (Lipinski definition) is 1. The van der Waals surface area contributed by atoms with Gasteiger partial charge in [-0.05, 0) is 36.5 Å². The number of likely N-dealkylation sites (tertiary alicyclic amines) is 1. The number of carbonyl (C=O) groups is 1. The fourth-order valence-corrected chi connectivity index (χ4v) is 2.75. The first-order valence-corrected chi connectivity index (χ1v) is 6.29. The van der Waals surface area contributed by atoms with Crippen LogP contribution < -0.4 is 5.73 Å². The molecule has 1 aliphatic carbocycles. The third-order valence-electron chi connectivity index (χ3n) is 4.10. The van der Waals surface area contributed by atoms with E-state index in [0.717, 1.165) is 31.5 Å². The minimum Gasteiger partial charge on any atom is -0.336 e. The molecule has 0 spiro atoms. The molecule has 1 saturated heterocycles. The predicted molar refractivity (Wildman–Crippen MR) is 66.7 cm³/mol. The van der Waals surface area contributed by atoms with Crippen molar-refractivity contribution in [2.75, 3.05) is 13.1 Å². The van der Waals surface area contributed by atoms with Gasteiger partial charge in [0.05, 0.1) is 0 Å². The van der Waals surface area contributed by atoms with E-state index >= 15 is 0 Å². The molecule has 2 N–H and O–H groups in total. The molecular formula is C14H18N2O. The van der Waals surface area contributed by atoms with Gasteiger partial charge in [-0.15, -0.1) is 0 Å². The van der Waals surface area contributed by atoms with E-state index in [1.54, 1.807) is 0 Å². The lowest BCUT2D eigenvalue weighted by molar-refractivity contribution is 0.0772. The van der Waals surface area contributed by atoms with Crippen LogP contribution in [0, 0.1) is 5.92 Å². The van der Waals surface area contributed by atoms with Crippen molar-refractivity contribution in [3.8, 4) is 0 Å². The smallest absolute Gasteiger partial charge is 0.253 e. The number of nitrogens with zero attached hydrogens (tertiary/aromatic N) is 1.